The fourth-order valence-electron chi connectivity index (χ4n) is 4.90. The molecular formula is C30H31F2N3O5. The smallest absolute Gasteiger partial charge is 0.407 e. The number of hydrogen-bond acceptors (Lipinski definition) is 5. The molecule has 0 aliphatic heterocycles. The summed E-state index contributed by atoms with van der Waals surface area (Å²) in [4.78, 5) is 38.4. The molecule has 0 saturated heterocycles. The van der Waals surface area contributed by atoms with E-state index >= 15 is 0 Å². The average molecular weight is 552 g/mol. The first-order chi connectivity index (χ1) is 19.2. The SMILES string of the molecule is CN(Cc1ccccc1)CC(NC(=O)CC(NC(=O)OCC1c2ccccc2-c2ccccc21)C(F)F)C(=O)O. The predicted octanol–water partition coefficient (Wildman–Crippen LogP) is 4.25. The molecule has 3 aromatic carbocycles. The third-order valence-corrected chi connectivity index (χ3v) is 6.78. The highest BCUT2D eigenvalue weighted by molar-refractivity contribution is 5.84. The molecule has 1 aliphatic carbocycles. The van der Waals surface area contributed by atoms with Gasteiger partial charge in [0.25, 0.3) is 6.43 Å². The number of amides is 2. The average Bonchev–Trinajstić information content (AvgIpc) is 3.25. The lowest BCUT2D eigenvalue weighted by Gasteiger charge is -2.23. The zero-order valence-electron chi connectivity index (χ0n) is 21.9. The Labute approximate surface area is 231 Å². The van der Waals surface area contributed by atoms with Crippen LogP contribution in [-0.2, 0) is 20.9 Å². The summed E-state index contributed by atoms with van der Waals surface area (Å²) >= 11 is 0. The molecule has 2 unspecified atom stereocenters. The summed E-state index contributed by atoms with van der Waals surface area (Å²) in [6.07, 6.45) is -4.97. The second kappa shape index (κ2) is 13.2. The lowest BCUT2D eigenvalue weighted by molar-refractivity contribution is -0.142. The Morgan fingerprint density at radius 2 is 1.48 bits per heavy atom. The van der Waals surface area contributed by atoms with Crippen molar-refractivity contribution in [2.75, 3.05) is 20.2 Å². The van der Waals surface area contributed by atoms with Crippen molar-refractivity contribution in [3.05, 3.63) is 95.6 Å². The maximum atomic E-state index is 13.7. The molecule has 0 aromatic heterocycles. The van der Waals surface area contributed by atoms with Gasteiger partial charge in [0.1, 0.15) is 18.7 Å². The quantitative estimate of drug-likeness (QED) is 0.311. The number of nitrogens with zero attached hydrogens (tertiary/aromatic N) is 1. The number of rotatable bonds is 12. The minimum absolute atomic E-state index is 0.0465. The van der Waals surface area contributed by atoms with E-state index in [9.17, 15) is 28.3 Å². The summed E-state index contributed by atoms with van der Waals surface area (Å²) < 4.78 is 32.8. The Balaban J connectivity index is 1.31. The van der Waals surface area contributed by atoms with E-state index in [1.54, 1.807) is 11.9 Å². The Hall–Kier alpha value is -4.31. The second-order valence-corrected chi connectivity index (χ2v) is 9.76. The van der Waals surface area contributed by atoms with Crippen LogP contribution in [-0.4, -0.2) is 66.7 Å². The van der Waals surface area contributed by atoms with Gasteiger partial charge in [0.15, 0.2) is 0 Å². The number of benzene rings is 3. The van der Waals surface area contributed by atoms with Crippen molar-refractivity contribution in [2.45, 2.75) is 37.4 Å². The zero-order chi connectivity index (χ0) is 28.6. The minimum Gasteiger partial charge on any atom is -0.480 e. The van der Waals surface area contributed by atoms with Gasteiger partial charge in [-0.2, -0.15) is 0 Å². The molecule has 0 fully saturated rings. The van der Waals surface area contributed by atoms with E-state index in [1.165, 1.54) is 0 Å². The standard InChI is InChI=1S/C30H31F2N3O5/c1-35(16-19-9-3-2-4-10-19)17-26(29(37)38)33-27(36)15-25(28(31)32)34-30(39)40-18-24-22-13-7-5-11-20(22)21-12-6-8-14-23(21)24/h2-14,24-26,28H,15-18H2,1H3,(H,33,36)(H,34,39)(H,37,38). The number of carboxylic acid groups (broad SMARTS) is 1. The molecule has 0 heterocycles. The van der Waals surface area contributed by atoms with Crippen LogP contribution in [0.25, 0.3) is 11.1 Å². The number of aliphatic carboxylic acids is 1. The summed E-state index contributed by atoms with van der Waals surface area (Å²) in [5.41, 5.74) is 4.94. The zero-order valence-corrected chi connectivity index (χ0v) is 21.9. The molecule has 0 bridgehead atoms. The Morgan fingerprint density at radius 1 is 0.900 bits per heavy atom. The van der Waals surface area contributed by atoms with Crippen molar-refractivity contribution in [3.63, 3.8) is 0 Å². The van der Waals surface area contributed by atoms with Gasteiger partial charge in [-0.1, -0.05) is 78.9 Å². The third kappa shape index (κ3) is 7.20. The van der Waals surface area contributed by atoms with E-state index in [0.29, 0.717) is 6.54 Å². The van der Waals surface area contributed by atoms with Gasteiger partial charge in [-0.15, -0.1) is 0 Å². The fraction of sp³-hybridized carbons (Fsp3) is 0.300. The molecule has 4 rings (SSSR count). The number of fused-ring (bicyclic) bond motifs is 3. The first-order valence-electron chi connectivity index (χ1n) is 12.9. The number of alkyl halides is 2. The molecule has 2 amide bonds. The van der Waals surface area contributed by atoms with E-state index < -0.39 is 42.9 Å². The fourth-order valence-corrected chi connectivity index (χ4v) is 4.90. The topological polar surface area (TPSA) is 108 Å². The van der Waals surface area contributed by atoms with Crippen LogP contribution in [0.1, 0.15) is 29.0 Å². The highest BCUT2D eigenvalue weighted by Gasteiger charge is 2.31. The van der Waals surface area contributed by atoms with E-state index in [-0.39, 0.29) is 19.1 Å². The molecule has 0 radical (unpaired) electrons. The normalized spacial score (nSPS) is 13.8. The number of carbonyl (C=O) groups is 3. The molecule has 0 spiro atoms. The monoisotopic (exact) mass is 551 g/mol. The highest BCUT2D eigenvalue weighted by atomic mass is 19.3. The van der Waals surface area contributed by atoms with E-state index in [2.05, 4.69) is 10.6 Å². The van der Waals surface area contributed by atoms with Crippen LogP contribution >= 0.6 is 0 Å². The summed E-state index contributed by atoms with van der Waals surface area (Å²) in [5.74, 6) is -2.48. The van der Waals surface area contributed by atoms with Crippen molar-refractivity contribution in [3.8, 4) is 11.1 Å². The van der Waals surface area contributed by atoms with Gasteiger partial charge in [-0.25, -0.2) is 18.4 Å². The maximum absolute atomic E-state index is 13.7. The van der Waals surface area contributed by atoms with Gasteiger partial charge in [0, 0.05) is 19.0 Å². The summed E-state index contributed by atoms with van der Waals surface area (Å²) in [5, 5.41) is 13.9. The Bertz CT molecular complexity index is 1290. The number of nitrogens with one attached hydrogen (secondary N) is 2. The van der Waals surface area contributed by atoms with Crippen molar-refractivity contribution in [1.82, 2.24) is 15.5 Å². The van der Waals surface area contributed by atoms with E-state index in [1.807, 2.05) is 78.9 Å². The number of alkyl carbamates (subject to hydrolysis) is 1. The van der Waals surface area contributed by atoms with Crippen LogP contribution in [0, 0.1) is 0 Å². The summed E-state index contributed by atoms with van der Waals surface area (Å²) in [7, 11) is 1.69. The van der Waals surface area contributed by atoms with Crippen molar-refractivity contribution >= 4 is 18.0 Å². The Kier molecular flexibility index (Phi) is 9.44. The molecule has 40 heavy (non-hydrogen) atoms. The van der Waals surface area contributed by atoms with Crippen molar-refractivity contribution in [2.24, 2.45) is 0 Å². The van der Waals surface area contributed by atoms with Gasteiger partial charge in [0.2, 0.25) is 5.91 Å². The summed E-state index contributed by atoms with van der Waals surface area (Å²) in [6, 6.07) is 21.6. The molecule has 8 nitrogen and oxygen atoms in total. The molecule has 210 valence electrons. The van der Waals surface area contributed by atoms with Crippen LogP contribution in [0.5, 0.6) is 0 Å². The van der Waals surface area contributed by atoms with Gasteiger partial charge >= 0.3 is 12.1 Å². The van der Waals surface area contributed by atoms with Crippen molar-refractivity contribution < 1.29 is 33.0 Å². The summed E-state index contributed by atoms with van der Waals surface area (Å²) in [6.45, 7) is 0.315. The number of hydrogen-bond donors (Lipinski definition) is 3. The number of carboxylic acids is 1. The van der Waals surface area contributed by atoms with Gasteiger partial charge in [-0.05, 0) is 34.9 Å². The first kappa shape index (κ1) is 28.7. The van der Waals surface area contributed by atoms with Crippen LogP contribution < -0.4 is 10.6 Å². The van der Waals surface area contributed by atoms with Crippen LogP contribution in [0.2, 0.25) is 0 Å². The molecule has 3 N–H and O–H groups in total. The minimum atomic E-state index is -3.07. The van der Waals surface area contributed by atoms with E-state index in [4.69, 9.17) is 4.74 Å². The third-order valence-electron chi connectivity index (χ3n) is 6.78. The molecule has 2 atom stereocenters. The largest absolute Gasteiger partial charge is 0.480 e. The van der Waals surface area contributed by atoms with Crippen LogP contribution in [0.4, 0.5) is 13.6 Å². The molecule has 10 heteroatoms. The van der Waals surface area contributed by atoms with Gasteiger partial charge in [-0.3, -0.25) is 9.69 Å². The predicted molar refractivity (Wildman–Crippen MR) is 145 cm³/mol. The maximum Gasteiger partial charge on any atom is 0.407 e. The molecule has 0 saturated carbocycles. The number of likely N-dealkylation sites (N-methyl/N-ethyl adjacent to an activating group) is 1. The van der Waals surface area contributed by atoms with Gasteiger partial charge in [0.05, 0.1) is 6.42 Å². The number of ether oxygens (including phenoxy) is 1. The highest BCUT2D eigenvalue weighted by Crippen LogP contribution is 2.44. The van der Waals surface area contributed by atoms with Crippen LogP contribution in [0.15, 0.2) is 78.9 Å². The lowest BCUT2D eigenvalue weighted by atomic mass is 9.98. The number of carbonyl (C=O) groups excluding carboxylic acids is 2. The lowest BCUT2D eigenvalue weighted by Crippen LogP contribution is -2.50. The van der Waals surface area contributed by atoms with Gasteiger partial charge < -0.3 is 20.5 Å². The van der Waals surface area contributed by atoms with Crippen molar-refractivity contribution in [1.29, 1.82) is 0 Å². The van der Waals surface area contributed by atoms with Crippen LogP contribution in [0.3, 0.4) is 0 Å². The second-order valence-electron chi connectivity index (χ2n) is 9.76. The molecule has 3 aromatic rings. The molecular weight excluding hydrogens is 520 g/mol. The first-order valence-corrected chi connectivity index (χ1v) is 12.9. The molecule has 1 aliphatic rings. The number of halogens is 2. The van der Waals surface area contributed by atoms with E-state index in [0.717, 1.165) is 27.8 Å². The Morgan fingerprint density at radius 3 is 2.05 bits per heavy atom.